The van der Waals surface area contributed by atoms with Gasteiger partial charge in [-0.05, 0) is 54.3 Å². The van der Waals surface area contributed by atoms with Crippen LogP contribution in [0.1, 0.15) is 19.2 Å². The summed E-state index contributed by atoms with van der Waals surface area (Å²) >= 11 is 0. The van der Waals surface area contributed by atoms with Crippen LogP contribution in [0.3, 0.4) is 0 Å². The molecule has 4 heterocycles. The van der Waals surface area contributed by atoms with Gasteiger partial charge in [0.15, 0.2) is 5.82 Å². The smallest absolute Gasteiger partial charge is 0.213 e. The molecule has 0 saturated carbocycles. The molecule has 2 N–H and O–H groups in total. The van der Waals surface area contributed by atoms with Crippen molar-refractivity contribution >= 4 is 6.08 Å². The Morgan fingerprint density at radius 1 is 1.19 bits per heavy atom. The Balaban J connectivity index is 1.38. The minimum absolute atomic E-state index is 0.0539. The molecule has 2 bridgehead atoms. The summed E-state index contributed by atoms with van der Waals surface area (Å²) in [6.45, 7) is 1.85. The Morgan fingerprint density at radius 2 is 2.03 bits per heavy atom. The highest BCUT2D eigenvalue weighted by atomic mass is 19.1. The second-order valence-electron chi connectivity index (χ2n) is 8.20. The lowest BCUT2D eigenvalue weighted by molar-refractivity contribution is 0.210. The monoisotopic (exact) mass is 431 g/mol. The number of halogens is 1. The van der Waals surface area contributed by atoms with E-state index in [0.717, 1.165) is 11.1 Å². The van der Waals surface area contributed by atoms with Crippen molar-refractivity contribution in [2.75, 3.05) is 7.11 Å². The van der Waals surface area contributed by atoms with E-state index in [1.165, 1.54) is 6.20 Å². The summed E-state index contributed by atoms with van der Waals surface area (Å²) in [7, 11) is 1.55. The summed E-state index contributed by atoms with van der Waals surface area (Å²) in [5, 5.41) is 22.2. The van der Waals surface area contributed by atoms with Gasteiger partial charge in [-0.1, -0.05) is 18.2 Å². The fourth-order valence-electron chi connectivity index (χ4n) is 4.23. The quantitative estimate of drug-likeness (QED) is 0.608. The Morgan fingerprint density at radius 3 is 2.78 bits per heavy atom. The zero-order chi connectivity index (χ0) is 22.3. The largest absolute Gasteiger partial charge is 0.507 e. The fraction of sp³-hybridized carbons (Fsp3) is 0.250. The molecule has 0 amide bonds. The average molecular weight is 431 g/mol. The minimum Gasteiger partial charge on any atom is -0.507 e. The van der Waals surface area contributed by atoms with E-state index in [0.29, 0.717) is 35.0 Å². The zero-order valence-electron chi connectivity index (χ0n) is 17.7. The minimum atomic E-state index is -1.15. The van der Waals surface area contributed by atoms with Crippen LogP contribution in [0.25, 0.3) is 28.5 Å². The number of piperidine rings is 1. The van der Waals surface area contributed by atoms with Crippen molar-refractivity contribution < 1.29 is 14.2 Å². The standard InChI is InChI=1S/C24H22FN5O2/c1-24-7-5-17(28-24)9-16(23(24)25)11-21-27-13-19(29-30-21)18-4-3-14(10-20(18)31)15-6-8-26-22(12-15)32-2/h3-8,10-13,17,23,28,31H,9H2,1-2H3/b16-11+/t17-,23-,24+/m1/s1. The van der Waals surface area contributed by atoms with Crippen molar-refractivity contribution in [3.63, 3.8) is 0 Å². The number of methoxy groups -OCH3 is 1. The lowest BCUT2D eigenvalue weighted by atomic mass is 9.86. The van der Waals surface area contributed by atoms with Crippen LogP contribution in [0.5, 0.6) is 11.6 Å². The highest BCUT2D eigenvalue weighted by Gasteiger charge is 2.44. The number of fused-ring (bicyclic) bond motifs is 2. The number of nitrogens with one attached hydrogen (secondary N) is 1. The number of alkyl halides is 1. The molecule has 162 valence electrons. The Labute approximate surface area is 184 Å². The van der Waals surface area contributed by atoms with Gasteiger partial charge in [-0.2, -0.15) is 0 Å². The Hall–Kier alpha value is -3.65. The fourth-order valence-corrected chi connectivity index (χ4v) is 4.23. The summed E-state index contributed by atoms with van der Waals surface area (Å²) < 4.78 is 20.1. The van der Waals surface area contributed by atoms with E-state index in [9.17, 15) is 9.50 Å². The number of phenols is 1. The van der Waals surface area contributed by atoms with Crippen LogP contribution >= 0.6 is 0 Å². The molecule has 0 unspecified atom stereocenters. The number of rotatable bonds is 4. The molecule has 1 fully saturated rings. The van der Waals surface area contributed by atoms with Crippen LogP contribution in [0, 0.1) is 0 Å². The van der Waals surface area contributed by atoms with Gasteiger partial charge in [0.1, 0.15) is 17.6 Å². The van der Waals surface area contributed by atoms with Crippen LogP contribution < -0.4 is 10.1 Å². The van der Waals surface area contributed by atoms with E-state index in [-0.39, 0.29) is 11.8 Å². The summed E-state index contributed by atoms with van der Waals surface area (Å²) in [5.41, 5.74) is 2.58. The molecular weight excluding hydrogens is 409 g/mol. The third kappa shape index (κ3) is 3.62. The molecule has 3 aromatic rings. The highest BCUT2D eigenvalue weighted by Crippen LogP contribution is 2.37. The molecule has 2 aliphatic rings. The molecule has 8 heteroatoms. The molecule has 2 aliphatic heterocycles. The van der Waals surface area contributed by atoms with Gasteiger partial charge in [-0.3, -0.25) is 5.32 Å². The molecule has 0 aliphatic carbocycles. The van der Waals surface area contributed by atoms with E-state index < -0.39 is 11.7 Å². The number of phenolic OH excluding ortho intramolecular Hbond substituents is 1. The number of aromatic hydroxyl groups is 1. The van der Waals surface area contributed by atoms with Gasteiger partial charge in [0.25, 0.3) is 0 Å². The van der Waals surface area contributed by atoms with Crippen LogP contribution in [0.15, 0.2) is 60.5 Å². The molecular formula is C24H22FN5O2. The second kappa shape index (κ2) is 7.80. The first kappa shape index (κ1) is 20.3. The number of benzene rings is 1. The van der Waals surface area contributed by atoms with Gasteiger partial charge in [0, 0.05) is 23.9 Å². The van der Waals surface area contributed by atoms with E-state index in [1.807, 2.05) is 31.2 Å². The zero-order valence-corrected chi connectivity index (χ0v) is 17.7. The molecule has 3 atom stereocenters. The van der Waals surface area contributed by atoms with Crippen molar-refractivity contribution in [1.29, 1.82) is 0 Å². The first-order valence-electron chi connectivity index (χ1n) is 10.3. The van der Waals surface area contributed by atoms with Crippen LogP contribution in [0.4, 0.5) is 4.39 Å². The Bertz CT molecular complexity index is 1230. The summed E-state index contributed by atoms with van der Waals surface area (Å²) in [6, 6.07) is 9.03. The number of ether oxygens (including phenoxy) is 1. The topological polar surface area (TPSA) is 93.0 Å². The van der Waals surface area contributed by atoms with E-state index in [2.05, 4.69) is 25.5 Å². The predicted octanol–water partition coefficient (Wildman–Crippen LogP) is 3.73. The summed E-state index contributed by atoms with van der Waals surface area (Å²) in [5.74, 6) is 0.891. The SMILES string of the molecule is COc1cc(-c2ccc(-c3cnc(/C=C4\C[C@H]5C=C[C@](C)(N5)[C@@H]4F)nn3)c(O)c2)ccn1. The second-order valence-corrected chi connectivity index (χ2v) is 8.20. The van der Waals surface area contributed by atoms with Gasteiger partial charge < -0.3 is 9.84 Å². The summed E-state index contributed by atoms with van der Waals surface area (Å²) in [6.07, 6.45) is 8.16. The number of hydrogen-bond donors (Lipinski definition) is 2. The van der Waals surface area contributed by atoms with Crippen molar-refractivity contribution in [3.05, 3.63) is 66.3 Å². The van der Waals surface area contributed by atoms with E-state index in [1.54, 1.807) is 37.6 Å². The maximum absolute atomic E-state index is 14.9. The molecule has 32 heavy (non-hydrogen) atoms. The number of nitrogens with zero attached hydrogens (tertiary/aromatic N) is 4. The van der Waals surface area contributed by atoms with Crippen LogP contribution in [0.2, 0.25) is 0 Å². The van der Waals surface area contributed by atoms with Gasteiger partial charge in [-0.25, -0.2) is 14.4 Å². The predicted molar refractivity (Wildman–Crippen MR) is 119 cm³/mol. The molecule has 1 aromatic carbocycles. The third-order valence-electron chi connectivity index (χ3n) is 5.92. The van der Waals surface area contributed by atoms with Crippen molar-refractivity contribution in [3.8, 4) is 34.0 Å². The van der Waals surface area contributed by atoms with Crippen molar-refractivity contribution in [2.24, 2.45) is 0 Å². The third-order valence-corrected chi connectivity index (χ3v) is 5.92. The molecule has 5 rings (SSSR count). The lowest BCUT2D eigenvalue weighted by Crippen LogP contribution is -2.53. The maximum atomic E-state index is 14.9. The molecule has 0 radical (unpaired) electrons. The number of hydrogen-bond acceptors (Lipinski definition) is 7. The normalized spacial score (nSPS) is 25.3. The highest BCUT2D eigenvalue weighted by molar-refractivity contribution is 5.74. The van der Waals surface area contributed by atoms with Crippen LogP contribution in [-0.4, -0.2) is 50.1 Å². The number of aromatic nitrogens is 4. The van der Waals surface area contributed by atoms with Gasteiger partial charge in [-0.15, -0.1) is 10.2 Å². The van der Waals surface area contributed by atoms with E-state index >= 15 is 0 Å². The Kier molecular flexibility index (Phi) is 4.94. The first-order chi connectivity index (χ1) is 15.4. The number of pyridine rings is 1. The van der Waals surface area contributed by atoms with Gasteiger partial charge >= 0.3 is 0 Å². The lowest BCUT2D eigenvalue weighted by Gasteiger charge is -2.36. The van der Waals surface area contributed by atoms with E-state index in [4.69, 9.17) is 4.74 Å². The molecule has 2 aromatic heterocycles. The van der Waals surface area contributed by atoms with Gasteiger partial charge in [0.2, 0.25) is 5.88 Å². The van der Waals surface area contributed by atoms with Gasteiger partial charge in [0.05, 0.1) is 18.8 Å². The van der Waals surface area contributed by atoms with Crippen LogP contribution in [-0.2, 0) is 0 Å². The average Bonchev–Trinajstić information content (AvgIpc) is 3.15. The van der Waals surface area contributed by atoms with Crippen molar-refractivity contribution in [1.82, 2.24) is 25.5 Å². The summed E-state index contributed by atoms with van der Waals surface area (Å²) in [4.78, 5) is 8.42. The van der Waals surface area contributed by atoms with Crippen molar-refractivity contribution in [2.45, 2.75) is 31.1 Å². The molecule has 0 spiro atoms. The maximum Gasteiger partial charge on any atom is 0.213 e. The molecule has 7 nitrogen and oxygen atoms in total. The first-order valence-corrected chi connectivity index (χ1v) is 10.3. The molecule has 1 saturated heterocycles.